The van der Waals surface area contributed by atoms with E-state index in [1.165, 1.54) is 11.8 Å². The van der Waals surface area contributed by atoms with Gasteiger partial charge in [-0.05, 0) is 55.5 Å². The number of benzene rings is 3. The first-order chi connectivity index (χ1) is 17.4. The van der Waals surface area contributed by atoms with E-state index < -0.39 is 0 Å². The van der Waals surface area contributed by atoms with Gasteiger partial charge in [0.2, 0.25) is 5.91 Å². The van der Waals surface area contributed by atoms with Crippen molar-refractivity contribution in [2.45, 2.75) is 18.4 Å². The molecule has 0 fully saturated rings. The van der Waals surface area contributed by atoms with Crippen LogP contribution in [0.1, 0.15) is 17.3 Å². The van der Waals surface area contributed by atoms with Crippen LogP contribution in [0.2, 0.25) is 10.0 Å². The zero-order valence-corrected chi connectivity index (χ0v) is 21.9. The van der Waals surface area contributed by atoms with E-state index in [-0.39, 0.29) is 17.6 Å². The maximum atomic E-state index is 12.5. The van der Waals surface area contributed by atoms with Gasteiger partial charge in [-0.3, -0.25) is 9.59 Å². The Morgan fingerprint density at radius 1 is 1.00 bits per heavy atom. The number of hydrogen-bond acceptors (Lipinski definition) is 4. The highest BCUT2D eigenvalue weighted by Gasteiger charge is 2.12. The van der Waals surface area contributed by atoms with Gasteiger partial charge >= 0.3 is 0 Å². The summed E-state index contributed by atoms with van der Waals surface area (Å²) < 4.78 is 7.51. The number of carbonyl (C=O) groups excluding carboxylic acids is 2. The molecule has 0 aliphatic rings. The standard InChI is InChI=1S/C27H25Cl2N3O3S/c1-2-35-20-10-7-18(8-11-20)27(34)30-13-14-32-16-25(21-5-3-4-6-24(21)32)36-17-26(33)31-19-9-12-22(28)23(29)15-19/h3-12,15-16H,2,13-14,17H2,1H3,(H,30,34)(H,31,33). The first kappa shape index (κ1) is 25.9. The minimum atomic E-state index is -0.141. The molecule has 0 saturated carbocycles. The SMILES string of the molecule is CCOc1ccc(C(=O)NCCn2cc(SCC(=O)Nc3ccc(Cl)c(Cl)c3)c3ccccc32)cc1. The minimum Gasteiger partial charge on any atom is -0.494 e. The number of rotatable bonds is 10. The second-order valence-electron chi connectivity index (χ2n) is 7.88. The number of halogens is 2. The molecule has 36 heavy (non-hydrogen) atoms. The lowest BCUT2D eigenvalue weighted by molar-refractivity contribution is -0.113. The molecule has 1 heterocycles. The van der Waals surface area contributed by atoms with E-state index in [1.54, 1.807) is 42.5 Å². The molecule has 0 radical (unpaired) electrons. The van der Waals surface area contributed by atoms with Gasteiger partial charge in [0, 0.05) is 46.3 Å². The lowest BCUT2D eigenvalue weighted by atomic mass is 10.2. The number of carbonyl (C=O) groups is 2. The monoisotopic (exact) mass is 541 g/mol. The summed E-state index contributed by atoms with van der Waals surface area (Å²) in [6.07, 6.45) is 2.02. The maximum absolute atomic E-state index is 12.5. The molecule has 0 spiro atoms. The van der Waals surface area contributed by atoms with Gasteiger partial charge in [0.1, 0.15) is 5.75 Å². The largest absolute Gasteiger partial charge is 0.494 e. The van der Waals surface area contributed by atoms with Crippen LogP contribution < -0.4 is 15.4 Å². The lowest BCUT2D eigenvalue weighted by Gasteiger charge is -2.08. The van der Waals surface area contributed by atoms with Crippen molar-refractivity contribution in [3.63, 3.8) is 0 Å². The van der Waals surface area contributed by atoms with Crippen LogP contribution in [0, 0.1) is 0 Å². The van der Waals surface area contributed by atoms with Crippen LogP contribution in [0.25, 0.3) is 10.9 Å². The summed E-state index contributed by atoms with van der Waals surface area (Å²) in [6.45, 7) is 3.56. The number of ether oxygens (including phenoxy) is 1. The third-order valence-electron chi connectivity index (χ3n) is 5.38. The molecule has 0 unspecified atom stereocenters. The molecule has 0 aliphatic heterocycles. The number of thioether (sulfide) groups is 1. The summed E-state index contributed by atoms with van der Waals surface area (Å²) in [5, 5.41) is 7.69. The molecule has 2 N–H and O–H groups in total. The number of anilines is 1. The van der Waals surface area contributed by atoms with Crippen LogP contribution in [0.4, 0.5) is 5.69 Å². The maximum Gasteiger partial charge on any atom is 0.251 e. The van der Waals surface area contributed by atoms with E-state index in [0.717, 1.165) is 21.5 Å². The predicted octanol–water partition coefficient (Wildman–Crippen LogP) is 6.51. The van der Waals surface area contributed by atoms with E-state index in [4.69, 9.17) is 27.9 Å². The van der Waals surface area contributed by atoms with E-state index in [2.05, 4.69) is 15.2 Å². The summed E-state index contributed by atoms with van der Waals surface area (Å²) in [5.41, 5.74) is 2.22. The lowest BCUT2D eigenvalue weighted by Crippen LogP contribution is -2.27. The van der Waals surface area contributed by atoms with Crippen molar-refractivity contribution < 1.29 is 14.3 Å². The number of fused-ring (bicyclic) bond motifs is 1. The van der Waals surface area contributed by atoms with Gasteiger partial charge < -0.3 is 19.9 Å². The van der Waals surface area contributed by atoms with E-state index in [1.807, 2.05) is 37.4 Å². The Hall–Kier alpha value is -3.13. The van der Waals surface area contributed by atoms with Crippen LogP contribution in [0.3, 0.4) is 0 Å². The molecule has 0 saturated heterocycles. The van der Waals surface area contributed by atoms with Crippen molar-refractivity contribution in [2.75, 3.05) is 24.2 Å². The molecule has 6 nitrogen and oxygen atoms in total. The van der Waals surface area contributed by atoms with Crippen LogP contribution in [0.5, 0.6) is 5.75 Å². The quantitative estimate of drug-likeness (QED) is 0.224. The van der Waals surface area contributed by atoms with Crippen molar-refractivity contribution >= 4 is 63.4 Å². The van der Waals surface area contributed by atoms with Gasteiger partial charge in [0.05, 0.1) is 22.4 Å². The van der Waals surface area contributed by atoms with Crippen molar-refractivity contribution in [1.29, 1.82) is 0 Å². The minimum absolute atomic E-state index is 0.136. The summed E-state index contributed by atoms with van der Waals surface area (Å²) in [7, 11) is 0. The molecule has 0 bridgehead atoms. The van der Waals surface area contributed by atoms with Crippen molar-refractivity contribution in [2.24, 2.45) is 0 Å². The van der Waals surface area contributed by atoms with E-state index >= 15 is 0 Å². The normalized spacial score (nSPS) is 10.9. The Morgan fingerprint density at radius 2 is 1.78 bits per heavy atom. The summed E-state index contributed by atoms with van der Waals surface area (Å²) in [4.78, 5) is 26.0. The fraction of sp³-hybridized carbons (Fsp3) is 0.185. The number of amides is 2. The molecular formula is C27H25Cl2N3O3S. The highest BCUT2D eigenvalue weighted by molar-refractivity contribution is 8.00. The number of nitrogens with zero attached hydrogens (tertiary/aromatic N) is 1. The number of para-hydroxylation sites is 1. The molecular weight excluding hydrogens is 517 g/mol. The first-order valence-electron chi connectivity index (χ1n) is 11.4. The molecule has 1 aromatic heterocycles. The van der Waals surface area contributed by atoms with Crippen molar-refractivity contribution in [3.05, 3.63) is 88.5 Å². The fourth-order valence-electron chi connectivity index (χ4n) is 3.69. The van der Waals surface area contributed by atoms with Crippen LogP contribution in [-0.2, 0) is 11.3 Å². The zero-order chi connectivity index (χ0) is 25.5. The third kappa shape index (κ3) is 6.55. The van der Waals surface area contributed by atoms with Crippen LogP contribution in [0.15, 0.2) is 77.8 Å². The Bertz CT molecular complexity index is 1370. The summed E-state index contributed by atoms with van der Waals surface area (Å²) >= 11 is 13.4. The molecule has 0 atom stereocenters. The van der Waals surface area contributed by atoms with Crippen LogP contribution >= 0.6 is 35.0 Å². The van der Waals surface area contributed by atoms with Gasteiger partial charge in [-0.25, -0.2) is 0 Å². The molecule has 4 rings (SSSR count). The van der Waals surface area contributed by atoms with Crippen molar-refractivity contribution in [3.8, 4) is 5.75 Å². The Labute approximate surface area is 223 Å². The number of nitrogens with one attached hydrogen (secondary N) is 2. The second-order valence-corrected chi connectivity index (χ2v) is 9.71. The van der Waals surface area contributed by atoms with Gasteiger partial charge in [0.15, 0.2) is 0 Å². The molecule has 9 heteroatoms. The smallest absolute Gasteiger partial charge is 0.251 e. The molecule has 0 aliphatic carbocycles. The molecule has 2 amide bonds. The average molecular weight is 542 g/mol. The molecule has 4 aromatic rings. The van der Waals surface area contributed by atoms with E-state index in [9.17, 15) is 9.59 Å². The Balaban J connectivity index is 1.35. The van der Waals surface area contributed by atoms with Gasteiger partial charge in [0.25, 0.3) is 5.91 Å². The van der Waals surface area contributed by atoms with E-state index in [0.29, 0.717) is 41.0 Å². The van der Waals surface area contributed by atoms with Gasteiger partial charge in [-0.2, -0.15) is 0 Å². The second kappa shape index (κ2) is 12.2. The summed E-state index contributed by atoms with van der Waals surface area (Å²) in [6, 6.07) is 20.1. The Kier molecular flexibility index (Phi) is 8.80. The first-order valence-corrected chi connectivity index (χ1v) is 13.2. The van der Waals surface area contributed by atoms with Gasteiger partial charge in [-0.15, -0.1) is 11.8 Å². The summed E-state index contributed by atoms with van der Waals surface area (Å²) in [5.74, 6) is 0.701. The Morgan fingerprint density at radius 3 is 2.53 bits per heavy atom. The highest BCUT2D eigenvalue weighted by Crippen LogP contribution is 2.30. The van der Waals surface area contributed by atoms with Gasteiger partial charge in [-0.1, -0.05) is 41.4 Å². The average Bonchev–Trinajstić information content (AvgIpc) is 3.23. The molecule has 3 aromatic carbocycles. The van der Waals surface area contributed by atoms with Crippen molar-refractivity contribution in [1.82, 2.24) is 9.88 Å². The number of aromatic nitrogens is 1. The predicted molar refractivity (Wildman–Crippen MR) is 148 cm³/mol. The zero-order valence-electron chi connectivity index (χ0n) is 19.6. The fourth-order valence-corrected chi connectivity index (χ4v) is 4.88. The van der Waals surface area contributed by atoms with Crippen LogP contribution in [-0.4, -0.2) is 35.3 Å². The number of hydrogen-bond donors (Lipinski definition) is 2. The highest BCUT2D eigenvalue weighted by atomic mass is 35.5. The topological polar surface area (TPSA) is 72.4 Å². The molecule has 186 valence electrons. The third-order valence-corrected chi connectivity index (χ3v) is 7.16.